The smallest absolute Gasteiger partial charge is 0.123 e. The summed E-state index contributed by atoms with van der Waals surface area (Å²) in [4.78, 5) is 0. The van der Waals surface area contributed by atoms with Gasteiger partial charge in [-0.05, 0) is 55.7 Å². The average molecular weight is 309 g/mol. The van der Waals surface area contributed by atoms with Crippen LogP contribution in [0.2, 0.25) is 0 Å². The molecule has 1 unspecified atom stereocenters. The van der Waals surface area contributed by atoms with Crippen molar-refractivity contribution in [3.05, 3.63) is 71.2 Å². The van der Waals surface area contributed by atoms with Crippen LogP contribution in [0.3, 0.4) is 0 Å². The van der Waals surface area contributed by atoms with Crippen molar-refractivity contribution >= 4 is 10.9 Å². The van der Waals surface area contributed by atoms with Crippen molar-refractivity contribution < 1.29 is 9.13 Å². The van der Waals surface area contributed by atoms with Gasteiger partial charge in [0.1, 0.15) is 5.82 Å². The molecule has 3 heteroatoms. The van der Waals surface area contributed by atoms with Crippen molar-refractivity contribution in [3.63, 3.8) is 0 Å². The van der Waals surface area contributed by atoms with Gasteiger partial charge in [0.15, 0.2) is 0 Å². The molecule has 0 N–H and O–H groups in total. The van der Waals surface area contributed by atoms with E-state index in [-0.39, 0.29) is 11.9 Å². The first-order valence-corrected chi connectivity index (χ1v) is 8.16. The van der Waals surface area contributed by atoms with Crippen molar-refractivity contribution in [2.75, 3.05) is 6.61 Å². The van der Waals surface area contributed by atoms with E-state index in [0.717, 1.165) is 31.6 Å². The molecule has 1 aliphatic heterocycles. The summed E-state index contributed by atoms with van der Waals surface area (Å²) in [5.74, 6) is -0.193. The summed E-state index contributed by atoms with van der Waals surface area (Å²) in [5, 5.41) is 1.25. The first kappa shape index (κ1) is 14.5. The molecule has 1 aliphatic rings. The second-order valence-electron chi connectivity index (χ2n) is 6.35. The fourth-order valence-electron chi connectivity index (χ4n) is 3.44. The summed E-state index contributed by atoms with van der Waals surface area (Å²) in [6, 6.07) is 15.5. The van der Waals surface area contributed by atoms with E-state index in [4.69, 9.17) is 4.74 Å². The minimum atomic E-state index is -0.193. The molecule has 0 saturated carbocycles. The summed E-state index contributed by atoms with van der Waals surface area (Å²) in [6.07, 6.45) is 2.35. The number of hydrogen-bond acceptors (Lipinski definition) is 1. The van der Waals surface area contributed by atoms with Gasteiger partial charge in [0.2, 0.25) is 0 Å². The Balaban J connectivity index is 1.81. The molecule has 4 rings (SSSR count). The van der Waals surface area contributed by atoms with Crippen LogP contribution in [0.15, 0.2) is 48.5 Å². The average Bonchev–Trinajstić information content (AvgIpc) is 3.17. The van der Waals surface area contributed by atoms with Crippen LogP contribution in [0.4, 0.5) is 4.39 Å². The summed E-state index contributed by atoms with van der Waals surface area (Å²) in [7, 11) is 0. The topological polar surface area (TPSA) is 14.2 Å². The molecular formula is C20H20FNO. The van der Waals surface area contributed by atoms with Crippen LogP contribution in [0, 0.1) is 12.7 Å². The van der Waals surface area contributed by atoms with Crippen LogP contribution in [0.1, 0.15) is 35.8 Å². The Labute approximate surface area is 135 Å². The maximum Gasteiger partial charge on any atom is 0.123 e. The van der Waals surface area contributed by atoms with E-state index in [2.05, 4.69) is 35.8 Å². The molecule has 0 aliphatic carbocycles. The molecule has 0 radical (unpaired) electrons. The van der Waals surface area contributed by atoms with E-state index >= 15 is 0 Å². The second kappa shape index (κ2) is 5.82. The molecular weight excluding hydrogens is 289 g/mol. The van der Waals surface area contributed by atoms with Gasteiger partial charge in [0, 0.05) is 29.7 Å². The van der Waals surface area contributed by atoms with Crippen LogP contribution in [0.25, 0.3) is 10.9 Å². The Morgan fingerprint density at radius 1 is 1.13 bits per heavy atom. The molecule has 2 nitrogen and oxygen atoms in total. The Bertz CT molecular complexity index is 829. The largest absolute Gasteiger partial charge is 0.372 e. The molecule has 1 atom stereocenters. The summed E-state index contributed by atoms with van der Waals surface area (Å²) in [5.41, 5.74) is 4.80. The third-order valence-electron chi connectivity index (χ3n) is 4.60. The van der Waals surface area contributed by atoms with Crippen molar-refractivity contribution in [1.82, 2.24) is 4.57 Å². The fraction of sp³-hybridized carbons (Fsp3) is 0.300. The third-order valence-corrected chi connectivity index (χ3v) is 4.60. The summed E-state index contributed by atoms with van der Waals surface area (Å²) >= 11 is 0. The van der Waals surface area contributed by atoms with Crippen LogP contribution >= 0.6 is 0 Å². The van der Waals surface area contributed by atoms with E-state index in [1.807, 2.05) is 12.1 Å². The molecule has 1 aromatic heterocycles. The van der Waals surface area contributed by atoms with Crippen molar-refractivity contribution in [3.8, 4) is 0 Å². The normalized spacial score (nSPS) is 17.9. The van der Waals surface area contributed by atoms with E-state index in [9.17, 15) is 4.39 Å². The molecule has 3 aromatic rings. The highest BCUT2D eigenvalue weighted by molar-refractivity contribution is 5.82. The van der Waals surface area contributed by atoms with E-state index < -0.39 is 0 Å². The second-order valence-corrected chi connectivity index (χ2v) is 6.35. The molecule has 23 heavy (non-hydrogen) atoms. The first-order chi connectivity index (χ1) is 11.2. The van der Waals surface area contributed by atoms with E-state index in [0.29, 0.717) is 0 Å². The lowest BCUT2D eigenvalue weighted by Gasteiger charge is -2.15. The zero-order valence-electron chi connectivity index (χ0n) is 13.3. The van der Waals surface area contributed by atoms with Crippen LogP contribution in [-0.4, -0.2) is 11.2 Å². The standard InChI is InChI=1S/C20H20FNO/c1-14-4-9-18-16(11-14)12-19(20-3-2-10-23-20)22(18)13-15-5-7-17(21)8-6-15/h4-9,11-12,20H,2-3,10,13H2,1H3. The van der Waals surface area contributed by atoms with E-state index in [1.165, 1.54) is 34.3 Å². The Kier molecular flexibility index (Phi) is 3.66. The van der Waals surface area contributed by atoms with Crippen molar-refractivity contribution in [2.45, 2.75) is 32.4 Å². The molecule has 0 amide bonds. The van der Waals surface area contributed by atoms with Gasteiger partial charge in [0.25, 0.3) is 0 Å². The lowest BCUT2D eigenvalue weighted by molar-refractivity contribution is 0.106. The molecule has 2 heterocycles. The van der Waals surface area contributed by atoms with Gasteiger partial charge in [-0.15, -0.1) is 0 Å². The predicted octanol–water partition coefficient (Wildman–Crippen LogP) is 4.99. The van der Waals surface area contributed by atoms with Crippen LogP contribution in [-0.2, 0) is 11.3 Å². The molecule has 2 aromatic carbocycles. The first-order valence-electron chi connectivity index (χ1n) is 8.16. The number of rotatable bonds is 3. The van der Waals surface area contributed by atoms with Crippen molar-refractivity contribution in [1.29, 1.82) is 0 Å². The number of aryl methyl sites for hydroxylation is 1. The van der Waals surface area contributed by atoms with Gasteiger partial charge in [-0.1, -0.05) is 23.8 Å². The summed E-state index contributed by atoms with van der Waals surface area (Å²) in [6.45, 7) is 3.69. The number of fused-ring (bicyclic) bond motifs is 1. The molecule has 1 fully saturated rings. The number of nitrogens with zero attached hydrogens (tertiary/aromatic N) is 1. The van der Waals surface area contributed by atoms with Crippen LogP contribution < -0.4 is 0 Å². The lowest BCUT2D eigenvalue weighted by Crippen LogP contribution is -2.08. The van der Waals surface area contributed by atoms with Gasteiger partial charge >= 0.3 is 0 Å². The minimum Gasteiger partial charge on any atom is -0.372 e. The minimum absolute atomic E-state index is 0.170. The Hall–Kier alpha value is -2.13. The highest BCUT2D eigenvalue weighted by Gasteiger charge is 2.23. The maximum atomic E-state index is 13.2. The maximum absolute atomic E-state index is 13.2. The number of hydrogen-bond donors (Lipinski definition) is 0. The number of benzene rings is 2. The van der Waals surface area contributed by atoms with Gasteiger partial charge in [-0.25, -0.2) is 4.39 Å². The van der Waals surface area contributed by atoms with E-state index in [1.54, 1.807) is 0 Å². The molecule has 0 spiro atoms. The number of ether oxygens (including phenoxy) is 1. The zero-order valence-corrected chi connectivity index (χ0v) is 13.3. The summed E-state index contributed by atoms with van der Waals surface area (Å²) < 4.78 is 21.4. The van der Waals surface area contributed by atoms with Gasteiger partial charge in [0.05, 0.1) is 6.10 Å². The highest BCUT2D eigenvalue weighted by atomic mass is 19.1. The van der Waals surface area contributed by atoms with Gasteiger partial charge in [-0.2, -0.15) is 0 Å². The Morgan fingerprint density at radius 3 is 2.70 bits per heavy atom. The number of aromatic nitrogens is 1. The van der Waals surface area contributed by atoms with Gasteiger partial charge in [-0.3, -0.25) is 0 Å². The molecule has 1 saturated heterocycles. The van der Waals surface area contributed by atoms with Gasteiger partial charge < -0.3 is 9.30 Å². The molecule has 0 bridgehead atoms. The SMILES string of the molecule is Cc1ccc2c(c1)cc(C1CCCO1)n2Cc1ccc(F)cc1. The predicted molar refractivity (Wildman–Crippen MR) is 90.1 cm³/mol. The zero-order chi connectivity index (χ0) is 15.8. The van der Waals surface area contributed by atoms with Crippen LogP contribution in [0.5, 0.6) is 0 Å². The van der Waals surface area contributed by atoms with Crippen molar-refractivity contribution in [2.24, 2.45) is 0 Å². The number of halogens is 1. The lowest BCUT2D eigenvalue weighted by atomic mass is 10.1. The monoisotopic (exact) mass is 309 g/mol. The quantitative estimate of drug-likeness (QED) is 0.665. The Morgan fingerprint density at radius 2 is 1.96 bits per heavy atom. The molecule has 118 valence electrons. The fourth-order valence-corrected chi connectivity index (χ4v) is 3.44. The third kappa shape index (κ3) is 2.77. The highest BCUT2D eigenvalue weighted by Crippen LogP contribution is 2.33.